The Balaban J connectivity index is 2.04. The van der Waals surface area contributed by atoms with E-state index in [0.29, 0.717) is 22.0 Å². The number of carbonyl (C=O) groups excluding carboxylic acids is 2. The Bertz CT molecular complexity index is 831. The van der Waals surface area contributed by atoms with E-state index in [1.165, 1.54) is 13.2 Å². The Labute approximate surface area is 150 Å². The molecule has 6 nitrogen and oxygen atoms in total. The van der Waals surface area contributed by atoms with Crippen LogP contribution in [0.4, 0.5) is 5.69 Å². The highest BCUT2D eigenvalue weighted by molar-refractivity contribution is 6.31. The third-order valence-electron chi connectivity index (χ3n) is 3.31. The Hall–Kier alpha value is -3.04. The number of hydrogen-bond acceptors (Lipinski definition) is 4. The number of hydrogen-bond donors (Lipinski definition) is 2. The second-order valence-electron chi connectivity index (χ2n) is 5.11. The number of rotatable bonds is 6. The van der Waals surface area contributed by atoms with Crippen LogP contribution in [0.25, 0.3) is 0 Å². The first kappa shape index (κ1) is 18.3. The van der Waals surface area contributed by atoms with Crippen LogP contribution in [0.5, 0.6) is 5.75 Å². The summed E-state index contributed by atoms with van der Waals surface area (Å²) < 4.78 is 5.17. The third kappa shape index (κ3) is 5.23. The number of amides is 2. The van der Waals surface area contributed by atoms with E-state index in [2.05, 4.69) is 10.6 Å². The summed E-state index contributed by atoms with van der Waals surface area (Å²) in [5.41, 5.74) is 1.70. The van der Waals surface area contributed by atoms with Gasteiger partial charge in [-0.05, 0) is 35.9 Å². The van der Waals surface area contributed by atoms with Crippen molar-refractivity contribution in [2.45, 2.75) is 13.0 Å². The fourth-order valence-electron chi connectivity index (χ4n) is 2.17. The first-order chi connectivity index (χ1) is 12.0. The molecule has 2 aromatic carbocycles. The molecule has 25 heavy (non-hydrogen) atoms. The molecule has 0 aliphatic carbocycles. The highest BCUT2D eigenvalue weighted by Gasteiger charge is 2.12. The molecule has 0 atom stereocenters. The van der Waals surface area contributed by atoms with Crippen molar-refractivity contribution in [1.29, 1.82) is 5.26 Å². The largest absolute Gasteiger partial charge is 0.496 e. The Kier molecular flexibility index (Phi) is 6.38. The lowest BCUT2D eigenvalue weighted by molar-refractivity contribution is -0.115. The lowest BCUT2D eigenvalue weighted by Gasteiger charge is -2.11. The standard InChI is InChI=1S/C18H16ClN3O3/c1-25-16-6-5-13(19)10-15(16)18(24)21-11-12-3-2-4-14(9-12)22-17(23)7-8-20/h2-6,9-10H,7,11H2,1H3,(H,21,24)(H,22,23). The van der Waals surface area contributed by atoms with E-state index >= 15 is 0 Å². The van der Waals surface area contributed by atoms with Gasteiger partial charge in [-0.2, -0.15) is 5.26 Å². The monoisotopic (exact) mass is 357 g/mol. The van der Waals surface area contributed by atoms with Crippen LogP contribution in [0.3, 0.4) is 0 Å². The molecule has 2 rings (SSSR count). The normalized spacial score (nSPS) is 9.80. The zero-order valence-corrected chi connectivity index (χ0v) is 14.3. The lowest BCUT2D eigenvalue weighted by atomic mass is 10.1. The molecule has 0 radical (unpaired) electrons. The van der Waals surface area contributed by atoms with Crippen LogP contribution in [0.1, 0.15) is 22.3 Å². The minimum atomic E-state index is -0.382. The van der Waals surface area contributed by atoms with Gasteiger partial charge in [-0.1, -0.05) is 23.7 Å². The van der Waals surface area contributed by atoms with Gasteiger partial charge in [0.15, 0.2) is 0 Å². The molecule has 128 valence electrons. The summed E-state index contributed by atoms with van der Waals surface area (Å²) in [6, 6.07) is 13.6. The SMILES string of the molecule is COc1ccc(Cl)cc1C(=O)NCc1cccc(NC(=O)CC#N)c1. The minimum absolute atomic E-state index is 0.213. The van der Waals surface area contributed by atoms with Crippen LogP contribution in [0.15, 0.2) is 42.5 Å². The fraction of sp³-hybridized carbons (Fsp3) is 0.167. The van der Waals surface area contributed by atoms with Gasteiger partial charge in [0, 0.05) is 17.3 Å². The van der Waals surface area contributed by atoms with Crippen LogP contribution >= 0.6 is 11.6 Å². The first-order valence-corrected chi connectivity index (χ1v) is 7.78. The number of anilines is 1. The quantitative estimate of drug-likeness (QED) is 0.830. The average Bonchev–Trinajstić information content (AvgIpc) is 2.60. The van der Waals surface area contributed by atoms with E-state index in [9.17, 15) is 9.59 Å². The Morgan fingerprint density at radius 1 is 1.24 bits per heavy atom. The van der Waals surface area contributed by atoms with Crippen LogP contribution in [-0.4, -0.2) is 18.9 Å². The number of nitrogens with zero attached hydrogens (tertiary/aromatic N) is 1. The molecule has 0 aliphatic rings. The zero-order valence-electron chi connectivity index (χ0n) is 13.5. The van der Waals surface area contributed by atoms with Crippen molar-refractivity contribution in [2.75, 3.05) is 12.4 Å². The summed E-state index contributed by atoms with van der Waals surface area (Å²) in [7, 11) is 1.48. The third-order valence-corrected chi connectivity index (χ3v) is 3.54. The molecule has 0 heterocycles. The molecule has 2 aromatic rings. The highest BCUT2D eigenvalue weighted by atomic mass is 35.5. The molecule has 0 aromatic heterocycles. The second-order valence-corrected chi connectivity index (χ2v) is 5.55. The van der Waals surface area contributed by atoms with Gasteiger partial charge in [0.05, 0.1) is 18.7 Å². The van der Waals surface area contributed by atoms with E-state index in [4.69, 9.17) is 21.6 Å². The van der Waals surface area contributed by atoms with Crippen LogP contribution < -0.4 is 15.4 Å². The molecule has 0 fully saturated rings. The molecule has 7 heteroatoms. The molecule has 0 unspecified atom stereocenters. The topological polar surface area (TPSA) is 91.2 Å². The molecule has 0 aliphatic heterocycles. The van der Waals surface area contributed by atoms with Crippen LogP contribution in [0.2, 0.25) is 5.02 Å². The van der Waals surface area contributed by atoms with Crippen molar-refractivity contribution in [2.24, 2.45) is 0 Å². The molecule has 2 amide bonds. The van der Waals surface area contributed by atoms with Gasteiger partial charge in [0.25, 0.3) is 5.91 Å². The van der Waals surface area contributed by atoms with Crippen LogP contribution in [0, 0.1) is 11.3 Å². The molecular weight excluding hydrogens is 342 g/mol. The van der Waals surface area contributed by atoms with E-state index < -0.39 is 0 Å². The number of nitrogens with one attached hydrogen (secondary N) is 2. The maximum atomic E-state index is 12.3. The van der Waals surface area contributed by atoms with E-state index in [1.807, 2.05) is 6.07 Å². The van der Waals surface area contributed by atoms with Crippen molar-refractivity contribution in [1.82, 2.24) is 5.32 Å². The molecule has 0 saturated heterocycles. The summed E-state index contributed by atoms with van der Waals surface area (Å²) in [5.74, 6) is -0.273. The molecular formula is C18H16ClN3O3. The summed E-state index contributed by atoms with van der Waals surface area (Å²) >= 11 is 5.93. The predicted octanol–water partition coefficient (Wildman–Crippen LogP) is 3.13. The second kappa shape index (κ2) is 8.71. The summed E-state index contributed by atoms with van der Waals surface area (Å²) in [5, 5.41) is 14.3. The van der Waals surface area contributed by atoms with Crippen molar-refractivity contribution in [3.8, 4) is 11.8 Å². The first-order valence-electron chi connectivity index (χ1n) is 7.41. The van der Waals surface area contributed by atoms with Gasteiger partial charge in [-0.25, -0.2) is 0 Å². The highest BCUT2D eigenvalue weighted by Crippen LogP contribution is 2.22. The van der Waals surface area contributed by atoms with Crippen molar-refractivity contribution in [3.63, 3.8) is 0 Å². The number of benzene rings is 2. The van der Waals surface area contributed by atoms with E-state index in [1.54, 1.807) is 36.4 Å². The molecule has 0 saturated carbocycles. The Morgan fingerprint density at radius 3 is 2.76 bits per heavy atom. The van der Waals surface area contributed by atoms with Crippen LogP contribution in [-0.2, 0) is 11.3 Å². The Morgan fingerprint density at radius 2 is 2.04 bits per heavy atom. The lowest BCUT2D eigenvalue weighted by Crippen LogP contribution is -2.23. The van der Waals surface area contributed by atoms with Crippen molar-refractivity contribution < 1.29 is 14.3 Å². The minimum Gasteiger partial charge on any atom is -0.496 e. The van der Waals surface area contributed by atoms with Gasteiger partial charge < -0.3 is 15.4 Å². The van der Waals surface area contributed by atoms with Gasteiger partial charge in [0.1, 0.15) is 12.2 Å². The van der Waals surface area contributed by atoms with Gasteiger partial charge in [-0.3, -0.25) is 9.59 Å². The zero-order chi connectivity index (χ0) is 18.2. The van der Waals surface area contributed by atoms with Crippen molar-refractivity contribution in [3.05, 3.63) is 58.6 Å². The summed E-state index contributed by atoms with van der Waals surface area (Å²) in [6.45, 7) is 0.260. The number of methoxy groups -OCH3 is 1. The van der Waals surface area contributed by atoms with Crippen molar-refractivity contribution >= 4 is 29.1 Å². The number of nitriles is 1. The smallest absolute Gasteiger partial charge is 0.255 e. The maximum absolute atomic E-state index is 12.3. The van der Waals surface area contributed by atoms with E-state index in [0.717, 1.165) is 5.56 Å². The molecule has 0 spiro atoms. The average molecular weight is 358 g/mol. The maximum Gasteiger partial charge on any atom is 0.255 e. The summed E-state index contributed by atoms with van der Waals surface area (Å²) in [4.78, 5) is 23.8. The van der Waals surface area contributed by atoms with E-state index in [-0.39, 0.29) is 24.8 Å². The number of ether oxygens (including phenoxy) is 1. The molecule has 2 N–H and O–H groups in total. The fourth-order valence-corrected chi connectivity index (χ4v) is 2.34. The van der Waals surface area contributed by atoms with Gasteiger partial charge in [0.2, 0.25) is 5.91 Å². The number of carbonyl (C=O) groups is 2. The molecule has 0 bridgehead atoms. The number of halogens is 1. The van der Waals surface area contributed by atoms with Gasteiger partial charge in [-0.15, -0.1) is 0 Å². The van der Waals surface area contributed by atoms with Gasteiger partial charge >= 0.3 is 0 Å². The predicted molar refractivity (Wildman–Crippen MR) is 94.5 cm³/mol. The summed E-state index contributed by atoms with van der Waals surface area (Å²) in [6.07, 6.45) is -0.213.